The predicted octanol–water partition coefficient (Wildman–Crippen LogP) is 2.21. The van der Waals surface area contributed by atoms with Crippen LogP contribution in [0.4, 0.5) is 14.5 Å². The minimum Gasteiger partial charge on any atom is -0.383 e. The molecule has 14 heteroatoms. The summed E-state index contributed by atoms with van der Waals surface area (Å²) in [4.78, 5) is 27.0. The Kier molecular flexibility index (Phi) is 6.08. The van der Waals surface area contributed by atoms with Gasteiger partial charge in [0.05, 0.1) is 24.7 Å². The Morgan fingerprint density at radius 3 is 2.30 bits per heavy atom. The third kappa shape index (κ3) is 4.71. The number of fused-ring (bicyclic) bond motifs is 1. The van der Waals surface area contributed by atoms with Gasteiger partial charge < -0.3 is 5.32 Å². The molecule has 0 bridgehead atoms. The number of nitrogens with one attached hydrogen (secondary N) is 2. The van der Waals surface area contributed by atoms with Crippen molar-refractivity contribution in [3.05, 3.63) is 74.2 Å². The van der Waals surface area contributed by atoms with Gasteiger partial charge in [0.2, 0.25) is 0 Å². The van der Waals surface area contributed by atoms with Gasteiger partial charge in [-0.3, -0.25) is 18.6 Å². The molecule has 3 aromatic heterocycles. The van der Waals surface area contributed by atoms with Crippen LogP contribution in [0.5, 0.6) is 0 Å². The average molecular weight is 551 g/mol. The molecule has 196 valence electrons. The van der Waals surface area contributed by atoms with Gasteiger partial charge in [0.1, 0.15) is 26.4 Å². The van der Waals surface area contributed by atoms with Crippen LogP contribution in [0, 0.1) is 11.6 Å². The molecule has 1 fully saturated rings. The molecule has 2 N–H and O–H groups in total. The molecule has 5 rings (SSSR count). The topological polar surface area (TPSA) is 120 Å². The number of aromatic nitrogens is 4. The predicted molar refractivity (Wildman–Crippen MR) is 136 cm³/mol. The Hall–Kier alpha value is -3.36. The molecule has 0 radical (unpaired) electrons. The van der Waals surface area contributed by atoms with Crippen LogP contribution in [-0.4, -0.2) is 39.9 Å². The first-order chi connectivity index (χ1) is 17.4. The summed E-state index contributed by atoms with van der Waals surface area (Å²) >= 11 is 0.765. The first kappa shape index (κ1) is 25.3. The van der Waals surface area contributed by atoms with E-state index in [0.717, 1.165) is 28.0 Å². The molecule has 37 heavy (non-hydrogen) atoms. The number of anilines is 1. The monoisotopic (exact) mass is 550 g/mol. The normalized spacial score (nSPS) is 14.8. The highest BCUT2D eigenvalue weighted by Crippen LogP contribution is 2.37. The number of hydrogen-bond acceptors (Lipinski definition) is 7. The Labute approximate surface area is 214 Å². The highest BCUT2D eigenvalue weighted by Gasteiger charge is 2.41. The fourth-order valence-electron chi connectivity index (χ4n) is 4.13. The molecule has 1 aliphatic carbocycles. The maximum Gasteiger partial charge on any atom is 0.332 e. The quantitative estimate of drug-likeness (QED) is 0.347. The molecule has 0 amide bonds. The van der Waals surface area contributed by atoms with E-state index in [4.69, 9.17) is 0 Å². The van der Waals surface area contributed by atoms with E-state index in [1.165, 1.54) is 28.6 Å². The van der Waals surface area contributed by atoms with Gasteiger partial charge in [-0.2, -0.15) is 5.10 Å². The lowest BCUT2D eigenvalue weighted by molar-refractivity contribution is 0.560. The highest BCUT2D eigenvalue weighted by atomic mass is 32.2. The molecule has 1 aromatic carbocycles. The van der Waals surface area contributed by atoms with Crippen molar-refractivity contribution in [1.29, 1.82) is 0 Å². The third-order valence-electron chi connectivity index (χ3n) is 6.31. The molecule has 0 spiro atoms. The summed E-state index contributed by atoms with van der Waals surface area (Å²) in [7, 11) is -0.892. The fourth-order valence-corrected chi connectivity index (χ4v) is 7.03. The molecular formula is C23H24F2N6O4S2. The zero-order valence-corrected chi connectivity index (χ0v) is 21.8. The number of aryl methyl sites for hydroxylation is 1. The second-order valence-corrected chi connectivity index (χ2v) is 12.4. The van der Waals surface area contributed by atoms with Crippen LogP contribution >= 0.6 is 11.3 Å². The van der Waals surface area contributed by atoms with E-state index in [9.17, 15) is 26.8 Å². The fraction of sp³-hybridized carbons (Fsp3) is 0.348. The summed E-state index contributed by atoms with van der Waals surface area (Å²) < 4.78 is 61.2. The van der Waals surface area contributed by atoms with E-state index in [1.54, 1.807) is 20.2 Å². The lowest BCUT2D eigenvalue weighted by Gasteiger charge is -2.13. The Morgan fingerprint density at radius 1 is 1.08 bits per heavy atom. The number of rotatable bonds is 8. The van der Waals surface area contributed by atoms with E-state index in [1.807, 2.05) is 0 Å². The van der Waals surface area contributed by atoms with Crippen LogP contribution in [0.1, 0.15) is 30.9 Å². The summed E-state index contributed by atoms with van der Waals surface area (Å²) in [6.07, 6.45) is 4.54. The van der Waals surface area contributed by atoms with Crippen LogP contribution in [-0.2, 0) is 30.2 Å². The van der Waals surface area contributed by atoms with Crippen LogP contribution < -0.4 is 21.3 Å². The number of thiophene rings is 1. The smallest absolute Gasteiger partial charge is 0.332 e. The summed E-state index contributed by atoms with van der Waals surface area (Å²) in [6.45, 7) is 1.38. The summed E-state index contributed by atoms with van der Waals surface area (Å²) in [6, 6.07) is 3.42. The molecule has 0 aliphatic heterocycles. The van der Waals surface area contributed by atoms with Gasteiger partial charge in [-0.1, -0.05) is 0 Å². The second-order valence-electron chi connectivity index (χ2n) is 9.42. The first-order valence-electron chi connectivity index (χ1n) is 11.4. The van der Waals surface area contributed by atoms with Crippen LogP contribution in [0.3, 0.4) is 0 Å². The third-order valence-corrected chi connectivity index (χ3v) is 9.58. The van der Waals surface area contributed by atoms with E-state index in [2.05, 4.69) is 15.1 Å². The lowest BCUT2D eigenvalue weighted by Crippen LogP contribution is -2.40. The van der Waals surface area contributed by atoms with Crippen molar-refractivity contribution in [3.63, 3.8) is 0 Å². The summed E-state index contributed by atoms with van der Waals surface area (Å²) in [5.74, 6) is -1.69. The SMILES string of the molecule is CNc1c(F)cc(Cn2c(=O)n(Cc3cnn(C)c3)c(=O)c3cc(S(=O)(=O)NC4(C)CC4)sc32)cc1F. The zero-order chi connectivity index (χ0) is 26.7. The summed E-state index contributed by atoms with van der Waals surface area (Å²) in [5.41, 5.74) is -1.56. The van der Waals surface area contributed by atoms with E-state index < -0.39 is 38.4 Å². The van der Waals surface area contributed by atoms with Crippen molar-refractivity contribution < 1.29 is 17.2 Å². The van der Waals surface area contributed by atoms with Crippen LogP contribution in [0.2, 0.25) is 0 Å². The molecule has 10 nitrogen and oxygen atoms in total. The zero-order valence-electron chi connectivity index (χ0n) is 20.2. The highest BCUT2D eigenvalue weighted by molar-refractivity contribution is 7.91. The minimum atomic E-state index is -3.96. The van der Waals surface area contributed by atoms with Gasteiger partial charge in [-0.15, -0.1) is 11.3 Å². The van der Waals surface area contributed by atoms with Crippen LogP contribution in [0.25, 0.3) is 10.2 Å². The van der Waals surface area contributed by atoms with Crippen molar-refractivity contribution in [3.8, 4) is 0 Å². The van der Waals surface area contributed by atoms with Gasteiger partial charge in [0.15, 0.2) is 0 Å². The van der Waals surface area contributed by atoms with E-state index in [-0.39, 0.29) is 38.8 Å². The molecular weight excluding hydrogens is 526 g/mol. The molecule has 4 aromatic rings. The van der Waals surface area contributed by atoms with Gasteiger partial charge in [-0.05, 0) is 43.5 Å². The van der Waals surface area contributed by atoms with Crippen molar-refractivity contribution in [1.82, 2.24) is 23.6 Å². The first-order valence-corrected chi connectivity index (χ1v) is 13.6. The lowest BCUT2D eigenvalue weighted by atomic mass is 10.2. The van der Waals surface area contributed by atoms with Crippen molar-refractivity contribution >= 4 is 37.3 Å². The number of benzene rings is 1. The molecule has 0 saturated heterocycles. The second kappa shape index (κ2) is 8.89. The number of hydrogen-bond donors (Lipinski definition) is 2. The number of sulfonamides is 1. The molecule has 1 saturated carbocycles. The van der Waals surface area contributed by atoms with Crippen molar-refractivity contribution in [2.24, 2.45) is 7.05 Å². The molecule has 0 atom stereocenters. The van der Waals surface area contributed by atoms with E-state index >= 15 is 0 Å². The van der Waals surface area contributed by atoms with Crippen LogP contribution in [0.15, 0.2) is 44.4 Å². The number of nitrogens with zero attached hydrogens (tertiary/aromatic N) is 4. The maximum atomic E-state index is 14.4. The van der Waals surface area contributed by atoms with Crippen molar-refractivity contribution in [2.45, 2.75) is 42.6 Å². The molecule has 3 heterocycles. The number of halogens is 2. The Balaban J connectivity index is 1.69. The standard InChI is InChI=1S/C23H24F2N6O4S2/c1-23(4-5-23)28-37(34,35)18-8-15-20(32)30(12-14-9-27-29(3)10-14)22(33)31(21(15)36-18)11-13-6-16(24)19(26-2)17(25)7-13/h6-10,26,28H,4-5,11-12H2,1-3H3. The average Bonchev–Trinajstić information content (AvgIpc) is 3.19. The maximum absolute atomic E-state index is 14.4. The summed E-state index contributed by atoms with van der Waals surface area (Å²) in [5, 5.41) is 6.51. The van der Waals surface area contributed by atoms with E-state index in [0.29, 0.717) is 18.4 Å². The van der Waals surface area contributed by atoms with Gasteiger partial charge in [0.25, 0.3) is 15.6 Å². The van der Waals surface area contributed by atoms with Gasteiger partial charge in [0, 0.05) is 31.4 Å². The Bertz CT molecular complexity index is 1740. The minimum absolute atomic E-state index is 0.0163. The van der Waals surface area contributed by atoms with Gasteiger partial charge in [-0.25, -0.2) is 26.7 Å². The van der Waals surface area contributed by atoms with Gasteiger partial charge >= 0.3 is 5.69 Å². The molecule has 1 aliphatic rings. The Morgan fingerprint density at radius 2 is 1.73 bits per heavy atom. The largest absolute Gasteiger partial charge is 0.383 e. The molecule has 0 unspecified atom stereocenters. The van der Waals surface area contributed by atoms with Crippen molar-refractivity contribution in [2.75, 3.05) is 12.4 Å².